The molecule has 148 valence electrons. The Morgan fingerprint density at radius 3 is 1.97 bits per heavy atom. The van der Waals surface area contributed by atoms with E-state index in [1.165, 1.54) is 0 Å². The van der Waals surface area contributed by atoms with Crippen LogP contribution in [0.3, 0.4) is 0 Å². The molecule has 2 aliphatic rings. The highest BCUT2D eigenvalue weighted by Crippen LogP contribution is 2.30. The number of anilines is 1. The second-order valence-electron chi connectivity index (χ2n) is 7.72. The van der Waals surface area contributed by atoms with Crippen LogP contribution in [0, 0.1) is 0 Å². The van der Waals surface area contributed by atoms with E-state index < -0.39 is 0 Å². The van der Waals surface area contributed by atoms with Gasteiger partial charge in [-0.2, -0.15) is 0 Å². The number of fused-ring (bicyclic) bond motifs is 8. The lowest BCUT2D eigenvalue weighted by molar-refractivity contribution is 1.27. The Hall–Kier alpha value is -4.38. The summed E-state index contributed by atoms with van der Waals surface area (Å²) < 4.78 is 0. The van der Waals surface area contributed by atoms with Crippen LogP contribution in [0.15, 0.2) is 72.8 Å². The predicted molar refractivity (Wildman–Crippen MR) is 128 cm³/mol. The first-order valence-electron chi connectivity index (χ1n) is 10.1. The van der Waals surface area contributed by atoms with Gasteiger partial charge in [-0.15, -0.1) is 0 Å². The van der Waals surface area contributed by atoms with E-state index >= 15 is 0 Å². The molecule has 0 radical (unpaired) electrons. The molecule has 4 aromatic rings. The van der Waals surface area contributed by atoms with Crippen molar-refractivity contribution in [3.8, 4) is 0 Å². The summed E-state index contributed by atoms with van der Waals surface area (Å²) in [4.78, 5) is 16.5. The van der Waals surface area contributed by atoms with Gasteiger partial charge in [0.1, 0.15) is 0 Å². The van der Waals surface area contributed by atoms with Crippen LogP contribution in [0.4, 0.5) is 5.69 Å². The summed E-state index contributed by atoms with van der Waals surface area (Å²) >= 11 is 0. The maximum Gasteiger partial charge on any atom is 0.0737 e. The lowest BCUT2D eigenvalue weighted by Crippen LogP contribution is -1.89. The fourth-order valence-electron chi connectivity index (χ4n) is 3.95. The van der Waals surface area contributed by atoms with Crippen molar-refractivity contribution in [1.29, 1.82) is 0 Å². The van der Waals surface area contributed by atoms with Gasteiger partial charge in [-0.05, 0) is 84.5 Å². The Labute approximate surface area is 178 Å². The van der Waals surface area contributed by atoms with Crippen LogP contribution < -0.4 is 5.73 Å². The second-order valence-corrected chi connectivity index (χ2v) is 7.72. The smallest absolute Gasteiger partial charge is 0.0737 e. The summed E-state index contributed by atoms with van der Waals surface area (Å²) in [6, 6.07) is 24.3. The van der Waals surface area contributed by atoms with Gasteiger partial charge in [0.25, 0.3) is 0 Å². The van der Waals surface area contributed by atoms with Gasteiger partial charge >= 0.3 is 0 Å². The molecule has 0 saturated carbocycles. The van der Waals surface area contributed by atoms with Crippen LogP contribution in [0.5, 0.6) is 0 Å². The van der Waals surface area contributed by atoms with E-state index in [4.69, 9.17) is 15.7 Å². The number of hydrogen-bond acceptors (Lipinski definition) is 3. The van der Waals surface area contributed by atoms with E-state index in [2.05, 4.69) is 52.4 Å². The largest absolute Gasteiger partial charge is 0.399 e. The van der Waals surface area contributed by atoms with Crippen molar-refractivity contribution in [1.82, 2.24) is 19.9 Å². The third kappa shape index (κ3) is 3.42. The van der Waals surface area contributed by atoms with E-state index in [0.717, 1.165) is 61.7 Å². The second kappa shape index (κ2) is 6.85. The zero-order valence-electron chi connectivity index (χ0n) is 16.6. The predicted octanol–water partition coefficient (Wildman–Crippen LogP) is 5.66. The zero-order valence-corrected chi connectivity index (χ0v) is 16.6. The Balaban J connectivity index is 1.64. The van der Waals surface area contributed by atoms with Crippen LogP contribution in [0.25, 0.3) is 45.9 Å². The number of aromatic amines is 2. The number of H-pyrrole nitrogens is 2. The Kier molecular flexibility index (Phi) is 3.86. The van der Waals surface area contributed by atoms with Gasteiger partial charge in [-0.1, -0.05) is 12.1 Å². The maximum absolute atomic E-state index is 6.04. The number of nitrogens with one attached hydrogen (secondary N) is 2. The van der Waals surface area contributed by atoms with Crippen LogP contribution in [0.1, 0.15) is 28.3 Å². The average molecular weight is 401 g/mol. The highest BCUT2D eigenvalue weighted by molar-refractivity contribution is 5.93. The van der Waals surface area contributed by atoms with Crippen molar-refractivity contribution >= 4 is 51.6 Å². The summed E-state index contributed by atoms with van der Waals surface area (Å²) in [5, 5.41) is 0. The minimum absolute atomic E-state index is 0.728. The number of rotatable bonds is 1. The molecule has 5 nitrogen and oxygen atoms in total. The normalized spacial score (nSPS) is 12.7. The van der Waals surface area contributed by atoms with Gasteiger partial charge < -0.3 is 15.7 Å². The van der Waals surface area contributed by atoms with Gasteiger partial charge in [0.2, 0.25) is 0 Å². The number of nitrogens with two attached hydrogens (primary N) is 1. The van der Waals surface area contributed by atoms with Gasteiger partial charge in [0, 0.05) is 33.3 Å². The van der Waals surface area contributed by atoms with E-state index in [0.29, 0.717) is 0 Å². The molecule has 31 heavy (non-hydrogen) atoms. The molecule has 2 aliphatic heterocycles. The number of nitrogens with zero attached hydrogens (tertiary/aromatic N) is 2. The first-order chi connectivity index (χ1) is 15.2. The molecule has 0 fully saturated rings. The maximum atomic E-state index is 6.04. The topological polar surface area (TPSA) is 83.4 Å². The monoisotopic (exact) mass is 401 g/mol. The molecule has 0 aliphatic carbocycles. The van der Waals surface area contributed by atoms with E-state index in [9.17, 15) is 0 Å². The van der Waals surface area contributed by atoms with E-state index in [-0.39, 0.29) is 0 Å². The van der Waals surface area contributed by atoms with Gasteiger partial charge in [0.15, 0.2) is 0 Å². The third-order valence-corrected chi connectivity index (χ3v) is 5.36. The molecular formula is C26H19N5. The summed E-state index contributed by atoms with van der Waals surface area (Å²) in [5.74, 6) is 0. The molecule has 1 aromatic carbocycles. The zero-order chi connectivity index (χ0) is 20.8. The van der Waals surface area contributed by atoms with Crippen molar-refractivity contribution in [3.05, 3.63) is 101 Å². The number of benzene rings is 1. The van der Waals surface area contributed by atoms with Gasteiger partial charge in [-0.25, -0.2) is 9.97 Å². The van der Waals surface area contributed by atoms with Crippen LogP contribution in [-0.2, 0) is 0 Å². The van der Waals surface area contributed by atoms with Crippen molar-refractivity contribution in [3.63, 3.8) is 0 Å². The molecule has 0 spiro atoms. The fourth-order valence-corrected chi connectivity index (χ4v) is 3.95. The minimum Gasteiger partial charge on any atom is -0.399 e. The SMILES string of the molecule is Nc1cccc(C2=Cc3cc4ccc(cc5ccc(cc6nc(cc2n3)C=C6)[nH]5)[nH]4)c1. The number of nitrogen functional groups attached to an aromatic ring is 1. The minimum atomic E-state index is 0.728. The van der Waals surface area contributed by atoms with Crippen molar-refractivity contribution in [2.75, 3.05) is 5.73 Å². The molecule has 0 atom stereocenters. The molecule has 4 N–H and O–H groups in total. The van der Waals surface area contributed by atoms with Crippen molar-refractivity contribution in [2.24, 2.45) is 0 Å². The number of aromatic nitrogens is 4. The summed E-state index contributed by atoms with van der Waals surface area (Å²) in [5.41, 5.74) is 16.4. The average Bonchev–Trinajstić information content (AvgIpc) is 3.53. The highest BCUT2D eigenvalue weighted by Gasteiger charge is 2.13. The summed E-state index contributed by atoms with van der Waals surface area (Å²) in [6.07, 6.45) is 6.12. The lowest BCUT2D eigenvalue weighted by atomic mass is 10.0. The van der Waals surface area contributed by atoms with Crippen LogP contribution >= 0.6 is 0 Å². The first kappa shape index (κ1) is 17.5. The molecule has 0 unspecified atom stereocenters. The summed E-state index contributed by atoms with van der Waals surface area (Å²) in [7, 11) is 0. The molecule has 5 heterocycles. The first-order valence-corrected chi connectivity index (χ1v) is 10.1. The Morgan fingerprint density at radius 2 is 1.26 bits per heavy atom. The third-order valence-electron chi connectivity index (χ3n) is 5.36. The van der Waals surface area contributed by atoms with Crippen molar-refractivity contribution in [2.45, 2.75) is 0 Å². The fraction of sp³-hybridized carbons (Fsp3) is 0. The standard InChI is InChI=1S/C26H19N5/c27-17-3-1-2-16(10-17)25-14-24-13-22-7-6-20(29-22)11-18-4-5-19(28-18)12-21-8-9-23(30-21)15-26(25)31-24/h1-15,28-29H,27H2. The molecular weight excluding hydrogens is 382 g/mol. The molecule has 8 bridgehead atoms. The molecule has 6 rings (SSSR count). The molecule has 0 saturated heterocycles. The van der Waals surface area contributed by atoms with E-state index in [1.807, 2.05) is 48.6 Å². The molecule has 3 aromatic heterocycles. The Bertz CT molecular complexity index is 1550. The lowest BCUT2D eigenvalue weighted by Gasteiger charge is -2.03. The summed E-state index contributed by atoms with van der Waals surface area (Å²) in [6.45, 7) is 0. The number of hydrogen-bond donors (Lipinski definition) is 3. The molecule has 0 amide bonds. The van der Waals surface area contributed by atoms with Gasteiger partial charge in [-0.3, -0.25) is 0 Å². The van der Waals surface area contributed by atoms with Crippen LogP contribution in [-0.4, -0.2) is 19.9 Å². The van der Waals surface area contributed by atoms with Crippen LogP contribution in [0.2, 0.25) is 0 Å². The highest BCUT2D eigenvalue weighted by atomic mass is 14.8. The molecule has 5 heteroatoms. The quantitative estimate of drug-likeness (QED) is 0.311. The van der Waals surface area contributed by atoms with Gasteiger partial charge in [0.05, 0.1) is 22.8 Å². The van der Waals surface area contributed by atoms with Crippen molar-refractivity contribution < 1.29 is 0 Å². The Morgan fingerprint density at radius 1 is 0.613 bits per heavy atom. The van der Waals surface area contributed by atoms with E-state index in [1.54, 1.807) is 0 Å².